The van der Waals surface area contributed by atoms with Gasteiger partial charge < -0.3 is 20.5 Å². The summed E-state index contributed by atoms with van der Waals surface area (Å²) in [6.45, 7) is 2.03. The molecule has 40 heavy (non-hydrogen) atoms. The monoisotopic (exact) mass is 579 g/mol. The van der Waals surface area contributed by atoms with Crippen molar-refractivity contribution in [3.8, 4) is 0 Å². The fraction of sp³-hybridized carbons (Fsp3) is 0.276. The quantitative estimate of drug-likeness (QED) is 0.158. The molecular formula is C29H29N3O6S2. The summed E-state index contributed by atoms with van der Waals surface area (Å²) in [7, 11) is 0. The van der Waals surface area contributed by atoms with Crippen molar-refractivity contribution in [1.29, 1.82) is 0 Å². The summed E-state index contributed by atoms with van der Waals surface area (Å²) >= 11 is 2.58. The van der Waals surface area contributed by atoms with Crippen LogP contribution in [0.5, 0.6) is 0 Å². The van der Waals surface area contributed by atoms with Gasteiger partial charge in [-0.05, 0) is 49.6 Å². The fourth-order valence-electron chi connectivity index (χ4n) is 4.24. The number of rotatable bonds is 11. The number of carbonyl (C=O) groups excluding carboxylic acids is 3. The molecule has 3 aromatic rings. The number of ether oxygens (including phenoxy) is 1. The lowest BCUT2D eigenvalue weighted by molar-refractivity contribution is -0.146. The van der Waals surface area contributed by atoms with Crippen molar-refractivity contribution in [1.82, 2.24) is 4.98 Å². The Bertz CT molecular complexity index is 1370. The van der Waals surface area contributed by atoms with Crippen LogP contribution in [0.25, 0.3) is 0 Å². The van der Waals surface area contributed by atoms with Crippen molar-refractivity contribution in [2.24, 2.45) is 11.8 Å². The molecule has 4 rings (SSSR count). The molecule has 1 aromatic heterocycles. The van der Waals surface area contributed by atoms with Gasteiger partial charge in [0.05, 0.1) is 30.6 Å². The first-order valence-electron chi connectivity index (χ1n) is 12.7. The number of thiazole rings is 1. The lowest BCUT2D eigenvalue weighted by Crippen LogP contribution is -2.34. The molecular weight excluding hydrogens is 550 g/mol. The van der Waals surface area contributed by atoms with E-state index in [2.05, 4.69) is 15.6 Å². The standard InChI is InChI=1S/C29H29N3O6S2/c1-2-38-24(33)16-20-17-39-29(31-20)32-27(35)25(18-8-4-3-5-9-18)40-21-14-12-19(13-15-21)30-26(34)22-10-6-7-11-23(22)28(36)37/h3-9,12-15,17,22-23,25H,2,10-11,16H2,1H3,(H,30,34)(H,36,37)(H,31,32,35). The zero-order valence-electron chi connectivity index (χ0n) is 21.7. The predicted octanol–water partition coefficient (Wildman–Crippen LogP) is 5.33. The van der Waals surface area contributed by atoms with Gasteiger partial charge in [-0.15, -0.1) is 23.1 Å². The Morgan fingerprint density at radius 1 is 1.02 bits per heavy atom. The molecule has 9 nitrogen and oxygen atoms in total. The third-order valence-corrected chi connectivity index (χ3v) is 8.29. The minimum Gasteiger partial charge on any atom is -0.481 e. The van der Waals surface area contributed by atoms with Crippen LogP contribution in [0.4, 0.5) is 10.8 Å². The van der Waals surface area contributed by atoms with Crippen LogP contribution in [0.1, 0.15) is 36.3 Å². The highest BCUT2D eigenvalue weighted by Gasteiger charge is 2.34. The van der Waals surface area contributed by atoms with Gasteiger partial charge in [-0.1, -0.05) is 42.5 Å². The number of esters is 1. The van der Waals surface area contributed by atoms with Crippen LogP contribution in [0.15, 0.2) is 77.0 Å². The summed E-state index contributed by atoms with van der Waals surface area (Å²) in [5.74, 6) is -3.33. The minimum absolute atomic E-state index is 0.0361. The maximum Gasteiger partial charge on any atom is 0.311 e. The van der Waals surface area contributed by atoms with E-state index >= 15 is 0 Å². The van der Waals surface area contributed by atoms with Crippen molar-refractivity contribution in [3.05, 3.63) is 83.4 Å². The molecule has 0 saturated carbocycles. The van der Waals surface area contributed by atoms with Crippen LogP contribution in [0, 0.1) is 11.8 Å². The van der Waals surface area contributed by atoms with Gasteiger partial charge in [0, 0.05) is 16.0 Å². The van der Waals surface area contributed by atoms with E-state index in [1.54, 1.807) is 42.6 Å². The molecule has 3 unspecified atom stereocenters. The number of benzene rings is 2. The van der Waals surface area contributed by atoms with Gasteiger partial charge in [0.2, 0.25) is 11.8 Å². The van der Waals surface area contributed by atoms with Gasteiger partial charge in [-0.25, -0.2) is 4.98 Å². The molecule has 0 aliphatic heterocycles. The molecule has 1 aliphatic carbocycles. The number of aliphatic carboxylic acids is 1. The fourth-order valence-corrected chi connectivity index (χ4v) is 5.98. The van der Waals surface area contributed by atoms with Gasteiger partial charge in [0.1, 0.15) is 5.25 Å². The average molecular weight is 580 g/mol. The first kappa shape index (κ1) is 29.0. The SMILES string of the molecule is CCOC(=O)Cc1csc(NC(=O)C(Sc2ccc(NC(=O)C3CC=CCC3C(=O)O)cc2)c2ccccc2)n1. The highest BCUT2D eigenvalue weighted by molar-refractivity contribution is 8.00. The lowest BCUT2D eigenvalue weighted by atomic mass is 9.82. The van der Waals surface area contributed by atoms with E-state index in [1.807, 2.05) is 36.4 Å². The van der Waals surface area contributed by atoms with Crippen LogP contribution >= 0.6 is 23.1 Å². The van der Waals surface area contributed by atoms with E-state index in [0.29, 0.717) is 36.0 Å². The number of hydrogen-bond acceptors (Lipinski definition) is 8. The molecule has 11 heteroatoms. The number of aromatic nitrogens is 1. The number of allylic oxidation sites excluding steroid dienone is 2. The number of carbonyl (C=O) groups is 4. The zero-order valence-corrected chi connectivity index (χ0v) is 23.4. The van der Waals surface area contributed by atoms with E-state index in [9.17, 15) is 24.3 Å². The number of nitrogens with one attached hydrogen (secondary N) is 2. The van der Waals surface area contributed by atoms with Crippen molar-refractivity contribution in [3.63, 3.8) is 0 Å². The third-order valence-electron chi connectivity index (χ3n) is 6.22. The third kappa shape index (κ3) is 7.80. The largest absolute Gasteiger partial charge is 0.481 e. The molecule has 1 aliphatic rings. The Balaban J connectivity index is 1.43. The molecule has 2 aromatic carbocycles. The first-order valence-corrected chi connectivity index (χ1v) is 14.5. The Morgan fingerprint density at radius 2 is 1.73 bits per heavy atom. The molecule has 0 fully saturated rings. The lowest BCUT2D eigenvalue weighted by Gasteiger charge is -2.24. The van der Waals surface area contributed by atoms with E-state index in [0.717, 1.165) is 10.5 Å². The highest BCUT2D eigenvalue weighted by Crippen LogP contribution is 2.37. The Morgan fingerprint density at radius 3 is 2.40 bits per heavy atom. The summed E-state index contributed by atoms with van der Waals surface area (Å²) in [5, 5.41) is 16.7. The number of amides is 2. The number of hydrogen-bond donors (Lipinski definition) is 3. The Hall–Kier alpha value is -3.96. The number of carboxylic acids is 1. The molecule has 0 saturated heterocycles. The van der Waals surface area contributed by atoms with E-state index in [-0.39, 0.29) is 24.2 Å². The second kappa shape index (κ2) is 13.9. The van der Waals surface area contributed by atoms with Crippen molar-refractivity contribution in [2.75, 3.05) is 17.2 Å². The van der Waals surface area contributed by atoms with Gasteiger partial charge in [-0.2, -0.15) is 0 Å². The van der Waals surface area contributed by atoms with Gasteiger partial charge >= 0.3 is 11.9 Å². The number of anilines is 2. The molecule has 0 radical (unpaired) electrons. The normalized spacial score (nSPS) is 17.0. The van der Waals surface area contributed by atoms with Crippen LogP contribution in [-0.4, -0.2) is 40.5 Å². The maximum absolute atomic E-state index is 13.4. The summed E-state index contributed by atoms with van der Waals surface area (Å²) in [4.78, 5) is 54.6. The zero-order chi connectivity index (χ0) is 28.5. The number of nitrogens with zero attached hydrogens (tertiary/aromatic N) is 1. The molecule has 208 valence electrons. The Kier molecular flexibility index (Phi) is 10.1. The highest BCUT2D eigenvalue weighted by atomic mass is 32.2. The van der Waals surface area contributed by atoms with E-state index in [4.69, 9.17) is 4.74 Å². The molecule has 0 bridgehead atoms. The maximum atomic E-state index is 13.4. The average Bonchev–Trinajstić information content (AvgIpc) is 3.39. The van der Waals surface area contributed by atoms with Gasteiger partial charge in [0.25, 0.3) is 0 Å². The minimum atomic E-state index is -0.977. The van der Waals surface area contributed by atoms with Gasteiger partial charge in [-0.3, -0.25) is 19.2 Å². The van der Waals surface area contributed by atoms with Crippen molar-refractivity contribution >= 4 is 57.7 Å². The molecule has 2 amide bonds. The predicted molar refractivity (Wildman–Crippen MR) is 154 cm³/mol. The second-order valence-corrected chi connectivity index (χ2v) is 11.1. The molecule has 0 spiro atoms. The number of thioether (sulfide) groups is 1. The second-order valence-electron chi connectivity index (χ2n) is 9.03. The summed E-state index contributed by atoms with van der Waals surface area (Å²) in [6.07, 6.45) is 4.39. The summed E-state index contributed by atoms with van der Waals surface area (Å²) in [5.41, 5.74) is 1.88. The smallest absolute Gasteiger partial charge is 0.311 e. The van der Waals surface area contributed by atoms with Crippen LogP contribution in [0.3, 0.4) is 0 Å². The van der Waals surface area contributed by atoms with E-state index in [1.165, 1.54) is 23.1 Å². The molecule has 3 atom stereocenters. The van der Waals surface area contributed by atoms with E-state index < -0.39 is 23.1 Å². The summed E-state index contributed by atoms with van der Waals surface area (Å²) in [6, 6.07) is 16.4. The van der Waals surface area contributed by atoms with Crippen LogP contribution in [0.2, 0.25) is 0 Å². The number of carboxylic acid groups (broad SMARTS) is 1. The van der Waals surface area contributed by atoms with Crippen molar-refractivity contribution < 1.29 is 29.0 Å². The van der Waals surface area contributed by atoms with Crippen LogP contribution in [-0.2, 0) is 30.3 Å². The van der Waals surface area contributed by atoms with Crippen molar-refractivity contribution in [2.45, 2.75) is 36.3 Å². The van der Waals surface area contributed by atoms with Gasteiger partial charge in [0.15, 0.2) is 5.13 Å². The molecule has 3 N–H and O–H groups in total. The summed E-state index contributed by atoms with van der Waals surface area (Å²) < 4.78 is 4.96. The Labute approximate surface area is 240 Å². The first-order chi connectivity index (χ1) is 19.3. The molecule has 1 heterocycles. The topological polar surface area (TPSA) is 135 Å². The van der Waals surface area contributed by atoms with Crippen LogP contribution < -0.4 is 10.6 Å².